The zero-order valence-electron chi connectivity index (χ0n) is 25.3. The van der Waals surface area contributed by atoms with E-state index in [1.54, 1.807) is 0 Å². The molecule has 0 N–H and O–H groups in total. The van der Waals surface area contributed by atoms with Crippen LogP contribution < -0.4 is 0 Å². The van der Waals surface area contributed by atoms with Crippen molar-refractivity contribution in [3.63, 3.8) is 0 Å². The van der Waals surface area contributed by atoms with E-state index in [1.807, 2.05) is 0 Å². The van der Waals surface area contributed by atoms with Gasteiger partial charge in [-0.25, -0.2) is 0 Å². The Kier molecular flexibility index (Phi) is 6.25. The van der Waals surface area contributed by atoms with Crippen molar-refractivity contribution in [3.8, 4) is 44.5 Å². The molecule has 0 aliphatic carbocycles. The molecule has 0 bridgehead atoms. The van der Waals surface area contributed by atoms with Crippen molar-refractivity contribution in [1.29, 1.82) is 0 Å². The van der Waals surface area contributed by atoms with Crippen LogP contribution in [0, 0.1) is 0 Å². The number of rotatable bonds is 4. The Balaban J connectivity index is 1.24. The van der Waals surface area contributed by atoms with Gasteiger partial charge >= 0.3 is 0 Å². The molecule has 0 aliphatic rings. The third kappa shape index (κ3) is 4.38. The molecular weight excluding hydrogens is 553 g/mol. The molecule has 0 heterocycles. The zero-order chi connectivity index (χ0) is 30.5. The average Bonchev–Trinajstić information content (AvgIpc) is 3.13. The molecule has 0 fully saturated rings. The lowest BCUT2D eigenvalue weighted by atomic mass is 9.85. The fourth-order valence-electron chi connectivity index (χ4n) is 7.26. The van der Waals surface area contributed by atoms with E-state index in [1.165, 1.54) is 87.6 Å². The molecule has 0 aliphatic heterocycles. The lowest BCUT2D eigenvalue weighted by Gasteiger charge is -2.18. The number of fused-ring (bicyclic) bond motifs is 4. The second-order valence-electron chi connectivity index (χ2n) is 12.1. The maximum Gasteiger partial charge on any atom is -0.00262 e. The summed E-state index contributed by atoms with van der Waals surface area (Å²) in [6, 6.07) is 66.5. The third-order valence-corrected chi connectivity index (χ3v) is 9.42. The molecule has 0 saturated carbocycles. The van der Waals surface area contributed by atoms with E-state index >= 15 is 0 Å². The molecule has 0 spiro atoms. The lowest BCUT2D eigenvalue weighted by molar-refractivity contribution is 1.61. The molecule has 46 heavy (non-hydrogen) atoms. The molecule has 9 aromatic rings. The van der Waals surface area contributed by atoms with Crippen molar-refractivity contribution in [2.75, 3.05) is 0 Å². The first-order valence-corrected chi connectivity index (χ1v) is 15.9. The minimum atomic E-state index is 1.22. The molecule has 0 amide bonds. The van der Waals surface area contributed by atoms with Gasteiger partial charge in [0.25, 0.3) is 0 Å². The maximum atomic E-state index is 2.34. The summed E-state index contributed by atoms with van der Waals surface area (Å²) in [5, 5.41) is 10.1. The summed E-state index contributed by atoms with van der Waals surface area (Å²) in [5.41, 5.74) is 9.99. The van der Waals surface area contributed by atoms with Crippen LogP contribution in [0.3, 0.4) is 0 Å². The van der Waals surface area contributed by atoms with Crippen molar-refractivity contribution in [3.05, 3.63) is 182 Å². The highest BCUT2D eigenvalue weighted by molar-refractivity contribution is 6.21. The molecule has 0 heteroatoms. The predicted octanol–water partition coefficient (Wildman–Crippen LogP) is 13.0. The SMILES string of the molecule is c1ccc(-c2cc(-c3ccc(-c4c5ccccc5c(-c5ccc6ccccc6c5)c5ccccc45)cc3)c3ccccc3c2)cc1. The van der Waals surface area contributed by atoms with E-state index in [0.29, 0.717) is 0 Å². The molecule has 0 saturated heterocycles. The Bertz CT molecular complexity index is 2500. The summed E-state index contributed by atoms with van der Waals surface area (Å²) in [4.78, 5) is 0. The van der Waals surface area contributed by atoms with E-state index in [2.05, 4.69) is 182 Å². The van der Waals surface area contributed by atoms with Crippen LogP contribution in [0.1, 0.15) is 0 Å². The van der Waals surface area contributed by atoms with Gasteiger partial charge in [-0.3, -0.25) is 0 Å². The highest BCUT2D eigenvalue weighted by Gasteiger charge is 2.17. The van der Waals surface area contributed by atoms with Gasteiger partial charge < -0.3 is 0 Å². The molecule has 9 aromatic carbocycles. The third-order valence-electron chi connectivity index (χ3n) is 9.42. The molecule has 0 radical (unpaired) electrons. The Morgan fingerprint density at radius 2 is 0.674 bits per heavy atom. The molecule has 214 valence electrons. The second-order valence-corrected chi connectivity index (χ2v) is 12.1. The molecule has 0 nitrogen and oxygen atoms in total. The van der Waals surface area contributed by atoms with Crippen LogP contribution in [0.15, 0.2) is 182 Å². The van der Waals surface area contributed by atoms with Gasteiger partial charge in [-0.1, -0.05) is 164 Å². The van der Waals surface area contributed by atoms with E-state index in [-0.39, 0.29) is 0 Å². The smallest absolute Gasteiger partial charge is 0.00262 e. The van der Waals surface area contributed by atoms with Gasteiger partial charge in [-0.05, 0) is 106 Å². The van der Waals surface area contributed by atoms with Crippen molar-refractivity contribution >= 4 is 43.1 Å². The van der Waals surface area contributed by atoms with Gasteiger partial charge in [0.2, 0.25) is 0 Å². The highest BCUT2D eigenvalue weighted by Crippen LogP contribution is 2.44. The van der Waals surface area contributed by atoms with Gasteiger partial charge in [0.15, 0.2) is 0 Å². The first kappa shape index (κ1) is 26.4. The van der Waals surface area contributed by atoms with E-state index < -0.39 is 0 Å². The summed E-state index contributed by atoms with van der Waals surface area (Å²) in [6.45, 7) is 0. The fourth-order valence-corrected chi connectivity index (χ4v) is 7.26. The van der Waals surface area contributed by atoms with Crippen molar-refractivity contribution in [1.82, 2.24) is 0 Å². The topological polar surface area (TPSA) is 0 Å². The van der Waals surface area contributed by atoms with Crippen LogP contribution in [-0.2, 0) is 0 Å². The van der Waals surface area contributed by atoms with Gasteiger partial charge in [0.1, 0.15) is 0 Å². The summed E-state index contributed by atoms with van der Waals surface area (Å²) in [7, 11) is 0. The molecule has 0 aromatic heterocycles. The van der Waals surface area contributed by atoms with Gasteiger partial charge in [0.05, 0.1) is 0 Å². The molecule has 0 unspecified atom stereocenters. The Hall–Kier alpha value is -5.98. The van der Waals surface area contributed by atoms with Crippen LogP contribution in [0.5, 0.6) is 0 Å². The summed E-state index contributed by atoms with van der Waals surface area (Å²) in [6.07, 6.45) is 0. The lowest BCUT2D eigenvalue weighted by Crippen LogP contribution is -1.91. The predicted molar refractivity (Wildman–Crippen MR) is 198 cm³/mol. The monoisotopic (exact) mass is 582 g/mol. The van der Waals surface area contributed by atoms with Crippen molar-refractivity contribution < 1.29 is 0 Å². The van der Waals surface area contributed by atoms with Crippen LogP contribution in [0.2, 0.25) is 0 Å². The Morgan fingerprint density at radius 3 is 1.33 bits per heavy atom. The average molecular weight is 583 g/mol. The summed E-state index contributed by atoms with van der Waals surface area (Å²) < 4.78 is 0. The first-order chi connectivity index (χ1) is 22.8. The van der Waals surface area contributed by atoms with Crippen molar-refractivity contribution in [2.24, 2.45) is 0 Å². The minimum absolute atomic E-state index is 1.22. The largest absolute Gasteiger partial charge is 0.0622 e. The van der Waals surface area contributed by atoms with E-state index in [4.69, 9.17) is 0 Å². The fraction of sp³-hybridized carbons (Fsp3) is 0. The highest BCUT2D eigenvalue weighted by atomic mass is 14.2. The van der Waals surface area contributed by atoms with Crippen LogP contribution in [0.4, 0.5) is 0 Å². The summed E-state index contributed by atoms with van der Waals surface area (Å²) >= 11 is 0. The number of hydrogen-bond acceptors (Lipinski definition) is 0. The molecule has 9 rings (SSSR count). The molecular formula is C46H30. The minimum Gasteiger partial charge on any atom is -0.0622 e. The normalized spacial score (nSPS) is 11.5. The summed E-state index contributed by atoms with van der Waals surface area (Å²) in [5.74, 6) is 0. The van der Waals surface area contributed by atoms with Gasteiger partial charge in [-0.2, -0.15) is 0 Å². The number of benzene rings is 9. The Morgan fingerprint density at radius 1 is 0.217 bits per heavy atom. The number of hydrogen-bond donors (Lipinski definition) is 0. The van der Waals surface area contributed by atoms with Gasteiger partial charge in [-0.15, -0.1) is 0 Å². The van der Waals surface area contributed by atoms with Gasteiger partial charge in [0, 0.05) is 0 Å². The van der Waals surface area contributed by atoms with Crippen molar-refractivity contribution in [2.45, 2.75) is 0 Å². The maximum absolute atomic E-state index is 2.34. The molecule has 0 atom stereocenters. The van der Waals surface area contributed by atoms with Crippen LogP contribution >= 0.6 is 0 Å². The Labute approximate surface area is 268 Å². The first-order valence-electron chi connectivity index (χ1n) is 15.9. The standard InChI is InChI=1S/C46H30/c1-2-12-31(13-3-1)38-29-36-16-6-7-17-39(36)44(30-38)33-23-25-34(26-24-33)45-40-18-8-10-20-42(40)46(43-21-11-9-19-41(43)45)37-27-22-32-14-4-5-15-35(32)28-37/h1-30H. The van der Waals surface area contributed by atoms with E-state index in [0.717, 1.165) is 0 Å². The quantitative estimate of drug-likeness (QED) is 0.181. The van der Waals surface area contributed by atoms with Crippen LogP contribution in [0.25, 0.3) is 87.6 Å². The second kappa shape index (κ2) is 10.9. The van der Waals surface area contributed by atoms with Crippen LogP contribution in [-0.4, -0.2) is 0 Å². The zero-order valence-corrected chi connectivity index (χ0v) is 25.3. The van der Waals surface area contributed by atoms with E-state index in [9.17, 15) is 0 Å².